The zero-order valence-electron chi connectivity index (χ0n) is 11.3. The molecule has 2 N–H and O–H groups in total. The fourth-order valence-corrected chi connectivity index (χ4v) is 3.14. The molecular weight excluding hydrogens is 342 g/mol. The Balaban J connectivity index is 1.99. The van der Waals surface area contributed by atoms with Crippen molar-refractivity contribution in [3.8, 4) is 0 Å². The van der Waals surface area contributed by atoms with Gasteiger partial charge in [-0.25, -0.2) is 0 Å². The van der Waals surface area contributed by atoms with E-state index in [0.29, 0.717) is 10.6 Å². The van der Waals surface area contributed by atoms with Crippen molar-refractivity contribution in [2.45, 2.75) is 44.1 Å². The monoisotopic (exact) mass is 359 g/mol. The largest absolute Gasteiger partial charge is 0.388 e. The number of amides is 1. The van der Waals surface area contributed by atoms with Crippen LogP contribution in [-0.2, 0) is 0 Å². The first kappa shape index (κ1) is 15.8. The van der Waals surface area contributed by atoms with Gasteiger partial charge in [-0.2, -0.15) is 0 Å². The molecule has 1 saturated carbocycles. The Morgan fingerprint density at radius 3 is 2.60 bits per heavy atom. The normalized spacial score (nSPS) is 18.4. The van der Waals surface area contributed by atoms with Crippen molar-refractivity contribution >= 4 is 33.4 Å². The van der Waals surface area contributed by atoms with Gasteiger partial charge >= 0.3 is 0 Å². The number of rotatable bonds is 3. The third-order valence-corrected chi connectivity index (χ3v) is 4.61. The third-order valence-electron chi connectivity index (χ3n) is 3.79. The summed E-state index contributed by atoms with van der Waals surface area (Å²) in [5, 5.41) is 13.7. The number of halogens is 2. The van der Waals surface area contributed by atoms with E-state index in [1.807, 2.05) is 0 Å². The van der Waals surface area contributed by atoms with Gasteiger partial charge in [-0.1, -0.05) is 53.2 Å². The van der Waals surface area contributed by atoms with E-state index in [-0.39, 0.29) is 12.5 Å². The summed E-state index contributed by atoms with van der Waals surface area (Å²) in [6.45, 7) is 0.286. The summed E-state index contributed by atoms with van der Waals surface area (Å²) in [7, 11) is 0. The van der Waals surface area contributed by atoms with Crippen molar-refractivity contribution in [3.05, 3.63) is 33.3 Å². The molecule has 0 heterocycles. The van der Waals surface area contributed by atoms with Gasteiger partial charge in [-0.15, -0.1) is 0 Å². The second-order valence-electron chi connectivity index (χ2n) is 5.45. The SMILES string of the molecule is O=C(NCC1(O)CCCCCC1)c1cc(Br)ccc1Cl. The molecule has 0 aromatic heterocycles. The molecule has 110 valence electrons. The van der Waals surface area contributed by atoms with Gasteiger partial charge in [0, 0.05) is 11.0 Å². The number of carbonyl (C=O) groups is 1. The van der Waals surface area contributed by atoms with Crippen molar-refractivity contribution in [3.63, 3.8) is 0 Å². The zero-order valence-corrected chi connectivity index (χ0v) is 13.6. The molecule has 1 aromatic rings. The minimum atomic E-state index is -0.773. The van der Waals surface area contributed by atoms with E-state index in [2.05, 4.69) is 21.2 Å². The van der Waals surface area contributed by atoms with Crippen LogP contribution in [-0.4, -0.2) is 23.2 Å². The summed E-state index contributed by atoms with van der Waals surface area (Å²) in [6.07, 6.45) is 5.86. The summed E-state index contributed by atoms with van der Waals surface area (Å²) < 4.78 is 0.806. The molecule has 1 amide bonds. The molecule has 0 bridgehead atoms. The molecule has 0 spiro atoms. The van der Waals surface area contributed by atoms with Gasteiger partial charge in [0.15, 0.2) is 0 Å². The molecule has 0 unspecified atom stereocenters. The molecule has 0 radical (unpaired) electrons. The highest BCUT2D eigenvalue weighted by Gasteiger charge is 2.28. The van der Waals surface area contributed by atoms with Crippen molar-refractivity contribution in [1.82, 2.24) is 5.32 Å². The maximum Gasteiger partial charge on any atom is 0.252 e. The molecule has 1 aliphatic carbocycles. The van der Waals surface area contributed by atoms with E-state index in [1.165, 1.54) is 0 Å². The topological polar surface area (TPSA) is 49.3 Å². The molecule has 5 heteroatoms. The van der Waals surface area contributed by atoms with Crippen LogP contribution in [0.25, 0.3) is 0 Å². The van der Waals surface area contributed by atoms with Crippen LogP contribution in [0.5, 0.6) is 0 Å². The minimum absolute atomic E-state index is 0.242. The van der Waals surface area contributed by atoms with Gasteiger partial charge in [-0.3, -0.25) is 4.79 Å². The quantitative estimate of drug-likeness (QED) is 0.803. The summed E-state index contributed by atoms with van der Waals surface area (Å²) in [5.41, 5.74) is -0.344. The van der Waals surface area contributed by atoms with Gasteiger partial charge < -0.3 is 10.4 Å². The zero-order chi connectivity index (χ0) is 14.6. The van der Waals surface area contributed by atoms with Gasteiger partial charge in [0.05, 0.1) is 16.2 Å². The molecule has 3 nitrogen and oxygen atoms in total. The van der Waals surface area contributed by atoms with Crippen molar-refractivity contribution in [2.24, 2.45) is 0 Å². The van der Waals surface area contributed by atoms with E-state index in [0.717, 1.165) is 43.0 Å². The molecule has 1 aromatic carbocycles. The highest BCUT2D eigenvalue weighted by molar-refractivity contribution is 9.10. The molecule has 2 rings (SSSR count). The molecule has 20 heavy (non-hydrogen) atoms. The van der Waals surface area contributed by atoms with Crippen LogP contribution in [0.2, 0.25) is 5.02 Å². The highest BCUT2D eigenvalue weighted by atomic mass is 79.9. The van der Waals surface area contributed by atoms with E-state index in [9.17, 15) is 9.90 Å². The molecule has 1 fully saturated rings. The van der Waals surface area contributed by atoms with Crippen LogP contribution in [0, 0.1) is 0 Å². The number of aliphatic hydroxyl groups is 1. The van der Waals surface area contributed by atoms with Gasteiger partial charge in [-0.05, 0) is 31.0 Å². The predicted octanol–water partition coefficient (Wildman–Crippen LogP) is 3.92. The lowest BCUT2D eigenvalue weighted by Gasteiger charge is -2.26. The Kier molecular flexibility index (Phi) is 5.47. The lowest BCUT2D eigenvalue weighted by Crippen LogP contribution is -2.42. The molecule has 1 aliphatic rings. The fourth-order valence-electron chi connectivity index (χ4n) is 2.57. The van der Waals surface area contributed by atoms with E-state index < -0.39 is 5.60 Å². The second kappa shape index (κ2) is 6.92. The maximum absolute atomic E-state index is 12.2. The van der Waals surface area contributed by atoms with Gasteiger partial charge in [0.25, 0.3) is 5.91 Å². The van der Waals surface area contributed by atoms with Crippen LogP contribution >= 0.6 is 27.5 Å². The van der Waals surface area contributed by atoms with Gasteiger partial charge in [0.2, 0.25) is 0 Å². The van der Waals surface area contributed by atoms with Crippen LogP contribution in [0.15, 0.2) is 22.7 Å². The second-order valence-corrected chi connectivity index (χ2v) is 6.77. The van der Waals surface area contributed by atoms with Gasteiger partial charge in [0.1, 0.15) is 0 Å². The van der Waals surface area contributed by atoms with Crippen molar-refractivity contribution in [1.29, 1.82) is 0 Å². The first-order valence-corrected chi connectivity index (χ1v) is 8.13. The van der Waals surface area contributed by atoms with E-state index >= 15 is 0 Å². The number of nitrogens with one attached hydrogen (secondary N) is 1. The van der Waals surface area contributed by atoms with E-state index in [4.69, 9.17) is 11.6 Å². The maximum atomic E-state index is 12.2. The fraction of sp³-hybridized carbons (Fsp3) is 0.533. The Hall–Kier alpha value is -0.580. The first-order valence-electron chi connectivity index (χ1n) is 6.96. The predicted molar refractivity (Wildman–Crippen MR) is 84.1 cm³/mol. The number of benzene rings is 1. The molecular formula is C15H19BrClNO2. The summed E-state index contributed by atoms with van der Waals surface area (Å²) in [4.78, 5) is 12.2. The smallest absolute Gasteiger partial charge is 0.252 e. The summed E-state index contributed by atoms with van der Waals surface area (Å²) in [6, 6.07) is 5.16. The van der Waals surface area contributed by atoms with Crippen molar-refractivity contribution < 1.29 is 9.90 Å². The summed E-state index contributed by atoms with van der Waals surface area (Å²) >= 11 is 9.35. The number of carbonyl (C=O) groups excluding carboxylic acids is 1. The van der Waals surface area contributed by atoms with Crippen LogP contribution in [0.1, 0.15) is 48.9 Å². The lowest BCUT2D eigenvalue weighted by atomic mass is 9.94. The Labute approximate surface area is 132 Å². The number of hydrogen-bond acceptors (Lipinski definition) is 2. The molecule has 0 atom stereocenters. The third kappa shape index (κ3) is 4.21. The average molecular weight is 361 g/mol. The highest BCUT2D eigenvalue weighted by Crippen LogP contribution is 2.27. The number of hydrogen-bond donors (Lipinski definition) is 2. The lowest BCUT2D eigenvalue weighted by molar-refractivity contribution is 0.0246. The van der Waals surface area contributed by atoms with Crippen molar-refractivity contribution in [2.75, 3.05) is 6.54 Å². The summed E-state index contributed by atoms with van der Waals surface area (Å²) in [5.74, 6) is -0.242. The Morgan fingerprint density at radius 1 is 1.30 bits per heavy atom. The minimum Gasteiger partial charge on any atom is -0.388 e. The Bertz CT molecular complexity index is 485. The molecule has 0 aliphatic heterocycles. The average Bonchev–Trinajstić information content (AvgIpc) is 2.64. The van der Waals surface area contributed by atoms with E-state index in [1.54, 1.807) is 18.2 Å². The standard InChI is InChI=1S/C15H19BrClNO2/c16-11-5-6-13(17)12(9-11)14(19)18-10-15(20)7-3-1-2-4-8-15/h5-6,9,20H,1-4,7-8,10H2,(H,18,19). The van der Waals surface area contributed by atoms with Crippen LogP contribution in [0.4, 0.5) is 0 Å². The molecule has 0 saturated heterocycles. The van der Waals surface area contributed by atoms with Crippen LogP contribution in [0.3, 0.4) is 0 Å². The first-order chi connectivity index (χ1) is 9.50. The Morgan fingerprint density at radius 2 is 1.95 bits per heavy atom. The van der Waals surface area contributed by atoms with Crippen LogP contribution < -0.4 is 5.32 Å².